The van der Waals surface area contributed by atoms with E-state index >= 15 is 0 Å². The summed E-state index contributed by atoms with van der Waals surface area (Å²) in [5.74, 6) is -0.203. The molecule has 1 saturated heterocycles. The first kappa shape index (κ1) is 21.1. The Hall–Kier alpha value is -1.19. The predicted molar refractivity (Wildman–Crippen MR) is 86.8 cm³/mol. The summed E-state index contributed by atoms with van der Waals surface area (Å²) in [6.45, 7) is 6.13. The molecule has 0 aromatic carbocycles. The Morgan fingerprint density at radius 1 is 1.31 bits per heavy atom. The second-order valence-corrected chi connectivity index (χ2v) is 8.45. The van der Waals surface area contributed by atoms with Crippen molar-refractivity contribution in [3.63, 3.8) is 0 Å². The van der Waals surface area contributed by atoms with Crippen LogP contribution < -0.4 is 9.46 Å². The highest BCUT2D eigenvalue weighted by atomic mass is 31.2. The molecule has 1 aromatic heterocycles. The Labute approximate surface area is 151 Å². The smallest absolute Gasteiger partial charge is 0.301 e. The lowest BCUT2D eigenvalue weighted by Crippen LogP contribution is -2.69. The fourth-order valence-corrected chi connectivity index (χ4v) is 3.64. The average molecular weight is 389 g/mol. The number of hydrogen-bond acceptors (Lipinski definition) is 7. The first-order valence-corrected chi connectivity index (χ1v) is 9.43. The lowest BCUT2D eigenvalue weighted by Gasteiger charge is -2.40. The molecule has 1 aromatic rings. The third kappa shape index (κ3) is 3.14. The Bertz CT molecular complexity index is 773. The molecule has 5 atom stereocenters. The average Bonchev–Trinajstić information content (AvgIpc) is 2.61. The van der Waals surface area contributed by atoms with Crippen LogP contribution in [0, 0.1) is 0 Å². The number of pyridine rings is 1. The first-order valence-electron chi connectivity index (χ1n) is 7.93. The molecule has 0 aliphatic carbocycles. The maximum Gasteiger partial charge on any atom is 0.301 e. The monoisotopic (exact) mass is 389 g/mol. The molecule has 0 spiro atoms. The van der Waals surface area contributed by atoms with Crippen LogP contribution in [0.2, 0.25) is 0 Å². The molecule has 2 unspecified atom stereocenters. The number of ketones is 1. The number of carbonyl (C=O) groups is 1. The topological polar surface area (TPSA) is 140 Å². The van der Waals surface area contributed by atoms with Crippen LogP contribution in [0.1, 0.15) is 45.0 Å². The highest BCUT2D eigenvalue weighted by Crippen LogP contribution is 2.53. The molecule has 2 rings (SSSR count). The summed E-state index contributed by atoms with van der Waals surface area (Å²) < 4.78 is 22.8. The van der Waals surface area contributed by atoms with Gasteiger partial charge in [0.1, 0.15) is 11.2 Å². The number of phosphoric acid groups is 1. The van der Waals surface area contributed by atoms with E-state index in [4.69, 9.17) is 9.63 Å². The molecule has 0 bridgehead atoms. The number of hydrogen-bond donors (Lipinski definition) is 3. The van der Waals surface area contributed by atoms with E-state index in [0.717, 1.165) is 0 Å². The van der Waals surface area contributed by atoms with Crippen LogP contribution >= 0.6 is 7.82 Å². The summed E-state index contributed by atoms with van der Waals surface area (Å²) in [4.78, 5) is 31.5. The SMILES string of the molecule is CC(=O)c1ccc[n+]([C@]2(C)O[C@](C)(COP(=O)([O-])O)[C@](C)(O)C2(C)O)c1. The molecule has 9 nitrogen and oxygen atoms in total. The summed E-state index contributed by atoms with van der Waals surface area (Å²) in [5, 5.41) is 22.1. The largest absolute Gasteiger partial charge is 0.756 e. The predicted octanol–water partition coefficient (Wildman–Crippen LogP) is -0.382. The third-order valence-electron chi connectivity index (χ3n) is 5.51. The van der Waals surface area contributed by atoms with Crippen LogP contribution in [0.5, 0.6) is 0 Å². The van der Waals surface area contributed by atoms with Gasteiger partial charge in [-0.2, -0.15) is 4.57 Å². The highest BCUT2D eigenvalue weighted by Gasteiger charge is 2.77. The minimum atomic E-state index is -5.07. The number of nitrogens with zero attached hydrogens (tertiary/aromatic N) is 1. The molecule has 0 radical (unpaired) electrons. The normalized spacial score (nSPS) is 39.6. The van der Waals surface area contributed by atoms with Crippen molar-refractivity contribution in [2.24, 2.45) is 0 Å². The molecule has 3 N–H and O–H groups in total. The molecule has 26 heavy (non-hydrogen) atoms. The van der Waals surface area contributed by atoms with E-state index in [1.807, 2.05) is 0 Å². The van der Waals surface area contributed by atoms with Gasteiger partial charge in [0.25, 0.3) is 7.82 Å². The number of aliphatic hydroxyl groups is 2. The van der Waals surface area contributed by atoms with Gasteiger partial charge in [-0.3, -0.25) is 9.36 Å². The molecule has 0 saturated carbocycles. The molecule has 2 heterocycles. The quantitative estimate of drug-likeness (QED) is 0.352. The van der Waals surface area contributed by atoms with Crippen LogP contribution in [-0.4, -0.2) is 44.3 Å². The van der Waals surface area contributed by atoms with Crippen LogP contribution in [-0.2, 0) is 19.6 Å². The van der Waals surface area contributed by atoms with Gasteiger partial charge in [0.15, 0.2) is 23.8 Å². The summed E-state index contributed by atoms with van der Waals surface area (Å²) in [6, 6.07) is 3.17. The second-order valence-electron chi connectivity index (χ2n) is 7.26. The molecular formula is C16H24NO8P. The second kappa shape index (κ2) is 6.17. The fourth-order valence-electron chi connectivity index (χ4n) is 3.23. The molecule has 10 heteroatoms. The van der Waals surface area contributed by atoms with Crippen molar-refractivity contribution in [1.29, 1.82) is 0 Å². The zero-order chi connectivity index (χ0) is 20.2. The van der Waals surface area contributed by atoms with Crippen molar-refractivity contribution in [1.82, 2.24) is 0 Å². The van der Waals surface area contributed by atoms with Crippen molar-refractivity contribution in [3.8, 4) is 0 Å². The maximum atomic E-state index is 11.7. The van der Waals surface area contributed by atoms with E-state index in [1.54, 1.807) is 18.3 Å². The van der Waals surface area contributed by atoms with E-state index in [0.29, 0.717) is 5.56 Å². The fraction of sp³-hybridized carbons (Fsp3) is 0.625. The number of carbonyl (C=O) groups excluding carboxylic acids is 1. The molecule has 1 fully saturated rings. The van der Waals surface area contributed by atoms with E-state index in [1.165, 1.54) is 45.4 Å². The Morgan fingerprint density at radius 3 is 2.38 bits per heavy atom. The van der Waals surface area contributed by atoms with Crippen LogP contribution in [0.4, 0.5) is 0 Å². The number of Topliss-reactive ketones (excluding diaryl/α,β-unsaturated/α-hetero) is 1. The number of ether oxygens (including phenoxy) is 1. The van der Waals surface area contributed by atoms with Gasteiger partial charge in [0.05, 0.1) is 12.2 Å². The number of phosphoric ester groups is 1. The Morgan fingerprint density at radius 2 is 1.88 bits per heavy atom. The van der Waals surface area contributed by atoms with E-state index < -0.39 is 37.0 Å². The van der Waals surface area contributed by atoms with Gasteiger partial charge in [-0.1, -0.05) is 0 Å². The van der Waals surface area contributed by atoms with Gasteiger partial charge in [0, 0.05) is 13.0 Å². The van der Waals surface area contributed by atoms with E-state index in [2.05, 4.69) is 4.52 Å². The summed E-state index contributed by atoms with van der Waals surface area (Å²) >= 11 is 0. The van der Waals surface area contributed by atoms with Crippen LogP contribution in [0.15, 0.2) is 24.5 Å². The van der Waals surface area contributed by atoms with Crippen molar-refractivity contribution < 1.29 is 43.2 Å². The molecule has 146 valence electrons. The Kier molecular flexibility index (Phi) is 5.01. The number of aromatic nitrogens is 1. The van der Waals surface area contributed by atoms with Gasteiger partial charge < -0.3 is 29.3 Å². The lowest BCUT2D eigenvalue weighted by molar-refractivity contribution is -0.818. The van der Waals surface area contributed by atoms with E-state index in [9.17, 15) is 24.5 Å². The zero-order valence-corrected chi connectivity index (χ0v) is 16.2. The highest BCUT2D eigenvalue weighted by molar-refractivity contribution is 7.44. The number of rotatable bonds is 5. The lowest BCUT2D eigenvalue weighted by atomic mass is 9.73. The standard InChI is InChI=1S/C16H24NO8P/c1-11(18)12-7-6-8-17(9-12)16(5)15(4,20)14(3,19)13(2,25-16)10-24-26(21,22)23/h6-9,19-20H,10H2,1-5H3,(H-,21,22,23)/t13-,14+,15?,16-/m1/s1. The maximum absolute atomic E-state index is 11.7. The minimum Gasteiger partial charge on any atom is -0.756 e. The minimum absolute atomic E-state index is 0.203. The van der Waals surface area contributed by atoms with Crippen molar-refractivity contribution in [2.75, 3.05) is 6.61 Å². The van der Waals surface area contributed by atoms with Crippen molar-refractivity contribution in [2.45, 2.75) is 57.1 Å². The molecule has 1 aliphatic heterocycles. The van der Waals surface area contributed by atoms with Gasteiger partial charge in [-0.05, 0) is 33.8 Å². The Balaban J connectivity index is 2.55. The van der Waals surface area contributed by atoms with Gasteiger partial charge in [-0.15, -0.1) is 0 Å². The van der Waals surface area contributed by atoms with E-state index in [-0.39, 0.29) is 5.78 Å². The van der Waals surface area contributed by atoms with Gasteiger partial charge >= 0.3 is 5.72 Å². The first-order chi connectivity index (χ1) is 11.6. The van der Waals surface area contributed by atoms with Gasteiger partial charge in [-0.25, -0.2) is 0 Å². The van der Waals surface area contributed by atoms with Gasteiger partial charge in [0.2, 0.25) is 0 Å². The summed E-state index contributed by atoms with van der Waals surface area (Å²) in [6.07, 6.45) is 3.01. The van der Waals surface area contributed by atoms with Crippen LogP contribution in [0.3, 0.4) is 0 Å². The van der Waals surface area contributed by atoms with Crippen molar-refractivity contribution in [3.05, 3.63) is 30.1 Å². The molecule has 0 amide bonds. The molecular weight excluding hydrogens is 365 g/mol. The van der Waals surface area contributed by atoms with Crippen molar-refractivity contribution >= 4 is 13.6 Å². The zero-order valence-electron chi connectivity index (χ0n) is 15.3. The third-order valence-corrected chi connectivity index (χ3v) is 5.96. The summed E-state index contributed by atoms with van der Waals surface area (Å²) in [5.41, 5.74) is -6.84. The molecule has 1 aliphatic rings. The van der Waals surface area contributed by atoms with Crippen LogP contribution in [0.25, 0.3) is 0 Å². The summed E-state index contributed by atoms with van der Waals surface area (Å²) in [7, 11) is -5.07.